The highest BCUT2D eigenvalue weighted by Gasteiger charge is 2.56. The Morgan fingerprint density at radius 3 is 1.82 bits per heavy atom. The van der Waals surface area contributed by atoms with E-state index in [-0.39, 0.29) is 5.91 Å². The van der Waals surface area contributed by atoms with E-state index in [4.69, 9.17) is 4.74 Å². The average molecular weight is 459 g/mol. The summed E-state index contributed by atoms with van der Waals surface area (Å²) < 4.78 is 24.2. The fourth-order valence-corrected chi connectivity index (χ4v) is 8.21. The van der Waals surface area contributed by atoms with Crippen molar-refractivity contribution in [1.29, 1.82) is 0 Å². The van der Waals surface area contributed by atoms with Crippen molar-refractivity contribution in [3.05, 3.63) is 97.2 Å². The van der Waals surface area contributed by atoms with Crippen molar-refractivity contribution in [2.75, 3.05) is 34.4 Å². The van der Waals surface area contributed by atoms with Gasteiger partial charge in [-0.25, -0.2) is 0 Å². The minimum atomic E-state index is -3.36. The van der Waals surface area contributed by atoms with Gasteiger partial charge in [0, 0.05) is 42.3 Å². The van der Waals surface area contributed by atoms with Gasteiger partial charge in [0.2, 0.25) is 5.91 Å². The lowest BCUT2D eigenvalue weighted by atomic mass is 10.2. The first-order valence-electron chi connectivity index (χ1n) is 11.0. The number of amides is 1. The van der Waals surface area contributed by atoms with Crippen molar-refractivity contribution in [2.45, 2.75) is 12.1 Å². The van der Waals surface area contributed by atoms with Gasteiger partial charge in [-0.2, -0.15) is 0 Å². The third-order valence-corrected chi connectivity index (χ3v) is 9.77. The molecule has 1 unspecified atom stereocenters. The van der Waals surface area contributed by atoms with Crippen LogP contribution in [0.1, 0.15) is 6.42 Å². The van der Waals surface area contributed by atoms with E-state index in [1.165, 1.54) is 0 Å². The van der Waals surface area contributed by atoms with Crippen molar-refractivity contribution in [3.8, 4) is 5.75 Å². The van der Waals surface area contributed by atoms with Crippen molar-refractivity contribution in [2.24, 2.45) is 0 Å². The molecule has 2 fully saturated rings. The Labute approximate surface area is 194 Å². The molecule has 2 heterocycles. The largest absolute Gasteiger partial charge is 0.497 e. The summed E-state index contributed by atoms with van der Waals surface area (Å²) in [5.41, 5.74) is 2.37. The zero-order valence-corrected chi connectivity index (χ0v) is 19.4. The normalized spacial score (nSPS) is 19.9. The number of methoxy groups -OCH3 is 1. The van der Waals surface area contributed by atoms with Crippen LogP contribution in [-0.4, -0.2) is 31.8 Å². The summed E-state index contributed by atoms with van der Waals surface area (Å²) in [7, 11) is -1.75. The second kappa shape index (κ2) is 8.45. The molecule has 0 aromatic heterocycles. The van der Waals surface area contributed by atoms with E-state index in [0.717, 1.165) is 11.4 Å². The fourth-order valence-electron chi connectivity index (χ4n) is 4.74. The molecule has 7 heteroatoms. The number of allylic oxidation sites excluding steroid dienone is 1. The highest BCUT2D eigenvalue weighted by atomic mass is 31.2. The van der Waals surface area contributed by atoms with Crippen molar-refractivity contribution in [3.63, 3.8) is 0 Å². The van der Waals surface area contributed by atoms with Gasteiger partial charge in [0.25, 0.3) is 7.44 Å². The van der Waals surface area contributed by atoms with Gasteiger partial charge in [0.15, 0.2) is 0 Å². The first kappa shape index (κ1) is 21.4. The first-order valence-corrected chi connectivity index (χ1v) is 12.6. The number of ether oxygens (including phenoxy) is 1. The van der Waals surface area contributed by atoms with Crippen LogP contribution < -0.4 is 19.0 Å². The van der Waals surface area contributed by atoms with Crippen LogP contribution in [0.25, 0.3) is 0 Å². The summed E-state index contributed by atoms with van der Waals surface area (Å²) in [6.45, 7) is 5.33. The smallest absolute Gasteiger partial charge is 0.275 e. The molecule has 0 N–H and O–H groups in total. The van der Waals surface area contributed by atoms with Gasteiger partial charge in [0.05, 0.1) is 7.11 Å². The third-order valence-electron chi connectivity index (χ3n) is 6.31. The molecule has 6 nitrogen and oxygen atoms in total. The van der Waals surface area contributed by atoms with E-state index >= 15 is 4.57 Å². The van der Waals surface area contributed by atoms with Crippen LogP contribution >= 0.6 is 7.44 Å². The first-order chi connectivity index (χ1) is 16.0. The monoisotopic (exact) mass is 459 g/mol. The average Bonchev–Trinajstić information content (AvgIpc) is 3.37. The van der Waals surface area contributed by atoms with E-state index in [1.54, 1.807) is 12.0 Å². The van der Waals surface area contributed by atoms with E-state index in [0.29, 0.717) is 36.6 Å². The Balaban J connectivity index is 1.57. The standard InChI is InChI=1S/C26H26N3O3P/c1-20-19-25(26(30)29(20)23-13-15-24(32-2)16-14-23)33(31)27(21-9-5-3-6-10-21)17-18-28(33)22-11-7-4-8-12-22/h3-16,25H,1,17-19H2,2H3. The molecule has 33 heavy (non-hydrogen) atoms. The van der Waals surface area contributed by atoms with Crippen LogP contribution in [0.4, 0.5) is 17.1 Å². The maximum atomic E-state index is 15.1. The van der Waals surface area contributed by atoms with Gasteiger partial charge >= 0.3 is 0 Å². The molecule has 3 aromatic carbocycles. The van der Waals surface area contributed by atoms with Gasteiger partial charge in [-0.1, -0.05) is 43.0 Å². The molecular weight excluding hydrogens is 433 g/mol. The zero-order valence-electron chi connectivity index (χ0n) is 18.5. The Kier molecular flexibility index (Phi) is 5.47. The predicted molar refractivity (Wildman–Crippen MR) is 133 cm³/mol. The second-order valence-electron chi connectivity index (χ2n) is 8.16. The summed E-state index contributed by atoms with van der Waals surface area (Å²) in [5, 5.41) is 0. The second-order valence-corrected chi connectivity index (χ2v) is 10.9. The number of carbonyl (C=O) groups excluding carboxylic acids is 1. The van der Waals surface area contributed by atoms with E-state index < -0.39 is 13.1 Å². The summed E-state index contributed by atoms with van der Waals surface area (Å²) in [4.78, 5) is 15.4. The molecule has 3 aromatic rings. The Hall–Kier alpha value is -3.50. The minimum absolute atomic E-state index is 0.183. The number of nitrogens with zero attached hydrogens (tertiary/aromatic N) is 3. The van der Waals surface area contributed by atoms with Crippen LogP contribution in [0.2, 0.25) is 0 Å². The lowest BCUT2D eigenvalue weighted by molar-refractivity contribution is -0.116. The molecule has 0 bridgehead atoms. The lowest BCUT2D eigenvalue weighted by Crippen LogP contribution is -2.35. The number of hydrogen-bond donors (Lipinski definition) is 0. The molecule has 2 saturated heterocycles. The number of rotatable bonds is 5. The molecule has 0 radical (unpaired) electrons. The van der Waals surface area contributed by atoms with Crippen LogP contribution in [0.5, 0.6) is 5.75 Å². The molecular formula is C26H26N3O3P. The van der Waals surface area contributed by atoms with E-state index in [9.17, 15) is 4.79 Å². The number of carbonyl (C=O) groups is 1. The summed E-state index contributed by atoms with van der Waals surface area (Å²) >= 11 is 0. The topological polar surface area (TPSA) is 53.1 Å². The van der Waals surface area contributed by atoms with E-state index in [2.05, 4.69) is 6.58 Å². The van der Waals surface area contributed by atoms with E-state index in [1.807, 2.05) is 94.3 Å². The molecule has 2 aliphatic heterocycles. The molecule has 0 spiro atoms. The molecule has 168 valence electrons. The number of hydrogen-bond acceptors (Lipinski definition) is 3. The van der Waals surface area contributed by atoms with Crippen LogP contribution in [0.3, 0.4) is 0 Å². The Morgan fingerprint density at radius 1 is 0.818 bits per heavy atom. The predicted octanol–water partition coefficient (Wildman–Crippen LogP) is 5.53. The number of para-hydroxylation sites is 2. The van der Waals surface area contributed by atoms with Crippen LogP contribution in [0.15, 0.2) is 97.2 Å². The Bertz CT molecular complexity index is 1160. The highest BCUT2D eigenvalue weighted by Crippen LogP contribution is 2.66. The molecule has 1 amide bonds. The molecule has 0 aliphatic carbocycles. The number of benzene rings is 3. The van der Waals surface area contributed by atoms with Crippen LogP contribution in [-0.2, 0) is 9.36 Å². The minimum Gasteiger partial charge on any atom is -0.497 e. The Morgan fingerprint density at radius 2 is 1.33 bits per heavy atom. The quantitative estimate of drug-likeness (QED) is 0.470. The molecule has 5 rings (SSSR count). The summed E-state index contributed by atoms with van der Waals surface area (Å²) in [5.74, 6) is 0.527. The maximum Gasteiger partial charge on any atom is 0.275 e. The fraction of sp³-hybridized carbons (Fsp3) is 0.192. The third kappa shape index (κ3) is 3.51. The highest BCUT2D eigenvalue weighted by molar-refractivity contribution is 7.69. The van der Waals surface area contributed by atoms with Gasteiger partial charge in [-0.15, -0.1) is 0 Å². The maximum absolute atomic E-state index is 15.1. The molecule has 1 atom stereocenters. The summed E-state index contributed by atoms with van der Waals surface area (Å²) in [6, 6.07) is 26.7. The molecule has 0 saturated carbocycles. The van der Waals surface area contributed by atoms with Gasteiger partial charge < -0.3 is 14.1 Å². The SMILES string of the molecule is C=C1CC(P2(=O)N(c3ccccc3)CCN2c2ccccc2)C(=O)N1c1ccc(OC)cc1. The van der Waals surface area contributed by atoms with Gasteiger partial charge in [-0.3, -0.25) is 14.3 Å². The number of anilines is 3. The van der Waals surface area contributed by atoms with Crippen molar-refractivity contribution < 1.29 is 14.1 Å². The van der Waals surface area contributed by atoms with Crippen LogP contribution in [0, 0.1) is 0 Å². The van der Waals surface area contributed by atoms with Crippen molar-refractivity contribution >= 4 is 30.4 Å². The van der Waals surface area contributed by atoms with Crippen molar-refractivity contribution in [1.82, 2.24) is 0 Å². The van der Waals surface area contributed by atoms with Gasteiger partial charge in [0.1, 0.15) is 11.4 Å². The molecule has 2 aliphatic rings. The summed E-state index contributed by atoms with van der Waals surface area (Å²) in [6.07, 6.45) is 0.342. The lowest BCUT2D eigenvalue weighted by Gasteiger charge is -2.35. The van der Waals surface area contributed by atoms with Gasteiger partial charge in [-0.05, 0) is 48.5 Å². The zero-order chi connectivity index (χ0) is 23.0.